The van der Waals surface area contributed by atoms with E-state index in [1.807, 2.05) is 35.2 Å². The first-order valence-corrected chi connectivity index (χ1v) is 12.2. The van der Waals surface area contributed by atoms with Gasteiger partial charge in [0, 0.05) is 58.4 Å². The van der Waals surface area contributed by atoms with Crippen molar-refractivity contribution in [2.75, 3.05) is 71.5 Å². The number of piperazine rings is 1. The van der Waals surface area contributed by atoms with Crippen LogP contribution >= 0.6 is 0 Å². The minimum atomic E-state index is -0.0860. The van der Waals surface area contributed by atoms with E-state index in [2.05, 4.69) is 22.1 Å². The Morgan fingerprint density at radius 2 is 1.91 bits per heavy atom. The van der Waals surface area contributed by atoms with Crippen molar-refractivity contribution >= 4 is 23.0 Å². The number of aliphatic hydroxyl groups excluding tert-OH is 1. The van der Waals surface area contributed by atoms with Crippen molar-refractivity contribution in [1.82, 2.24) is 14.8 Å². The summed E-state index contributed by atoms with van der Waals surface area (Å²) in [6.07, 6.45) is 2.68. The zero-order valence-electron chi connectivity index (χ0n) is 21.0. The van der Waals surface area contributed by atoms with Gasteiger partial charge < -0.3 is 24.8 Å². The van der Waals surface area contributed by atoms with Crippen molar-refractivity contribution in [1.29, 1.82) is 0 Å². The monoisotopic (exact) mass is 483 g/mol. The van der Waals surface area contributed by atoms with Crippen LogP contribution in [0.25, 0.3) is 11.3 Å². The molecule has 0 unspecified atom stereocenters. The number of pyridine rings is 1. The molecule has 0 spiro atoms. The number of aromatic nitrogens is 1. The van der Waals surface area contributed by atoms with E-state index in [0.29, 0.717) is 44.3 Å². The number of Topliss-reactive ketones (excluding diaryl/α,β-unsaturated/α-hetero) is 1. The molecular weight excluding hydrogens is 446 g/mol. The SMILES string of the molecule is CCCOCCNc1cc(-c2ccc(OC)cc2)ncc1N=C(C(C)=O)N1CCN(CCO)CC1. The zero-order chi connectivity index (χ0) is 25.0. The van der Waals surface area contributed by atoms with E-state index in [4.69, 9.17) is 14.5 Å². The van der Waals surface area contributed by atoms with Crippen LogP contribution in [0, 0.1) is 0 Å². The topological polar surface area (TPSA) is 99.5 Å². The second-order valence-electron chi connectivity index (χ2n) is 8.40. The number of hydrogen-bond acceptors (Lipinski definition) is 8. The maximum absolute atomic E-state index is 12.5. The summed E-state index contributed by atoms with van der Waals surface area (Å²) in [6, 6.07) is 9.69. The van der Waals surface area contributed by atoms with Gasteiger partial charge in [-0.1, -0.05) is 6.92 Å². The van der Waals surface area contributed by atoms with Crippen LogP contribution < -0.4 is 10.1 Å². The molecule has 35 heavy (non-hydrogen) atoms. The first-order chi connectivity index (χ1) is 17.0. The average molecular weight is 484 g/mol. The summed E-state index contributed by atoms with van der Waals surface area (Å²) < 4.78 is 10.9. The second-order valence-corrected chi connectivity index (χ2v) is 8.40. The van der Waals surface area contributed by atoms with Crippen LogP contribution in [0.5, 0.6) is 5.75 Å². The van der Waals surface area contributed by atoms with Crippen molar-refractivity contribution in [2.45, 2.75) is 20.3 Å². The molecule has 9 nitrogen and oxygen atoms in total. The second kappa shape index (κ2) is 13.8. The number of carbonyl (C=O) groups is 1. The smallest absolute Gasteiger partial charge is 0.194 e. The maximum Gasteiger partial charge on any atom is 0.194 e. The van der Waals surface area contributed by atoms with Gasteiger partial charge in [0.25, 0.3) is 0 Å². The van der Waals surface area contributed by atoms with Crippen molar-refractivity contribution in [3.8, 4) is 17.0 Å². The Kier molecular flexibility index (Phi) is 10.5. The minimum absolute atomic E-state index is 0.0860. The third-order valence-electron chi connectivity index (χ3n) is 5.81. The molecule has 2 aromatic rings. The first kappa shape index (κ1) is 26.6. The van der Waals surface area contributed by atoms with Crippen molar-refractivity contribution in [3.63, 3.8) is 0 Å². The maximum atomic E-state index is 12.5. The molecule has 2 heterocycles. The normalized spacial score (nSPS) is 14.7. The van der Waals surface area contributed by atoms with E-state index in [0.717, 1.165) is 48.8 Å². The fraction of sp³-hybridized carbons (Fsp3) is 0.500. The molecule has 1 aromatic heterocycles. The third-order valence-corrected chi connectivity index (χ3v) is 5.81. The number of rotatable bonds is 12. The minimum Gasteiger partial charge on any atom is -0.497 e. The lowest BCUT2D eigenvalue weighted by molar-refractivity contribution is -0.111. The standard InChI is InChI=1S/C26H37N5O4/c1-4-16-35-17-9-27-24-18-23(21-5-7-22(34-3)8-6-21)28-19-25(24)29-26(20(2)33)31-12-10-30(11-13-31)14-15-32/h5-8,18-19,32H,4,9-17H2,1-3H3,(H,27,28). The van der Waals surface area contributed by atoms with E-state index in [9.17, 15) is 9.90 Å². The lowest BCUT2D eigenvalue weighted by Gasteiger charge is -2.35. The highest BCUT2D eigenvalue weighted by atomic mass is 16.5. The first-order valence-electron chi connectivity index (χ1n) is 12.2. The summed E-state index contributed by atoms with van der Waals surface area (Å²) >= 11 is 0. The van der Waals surface area contributed by atoms with Gasteiger partial charge in [-0.25, -0.2) is 4.99 Å². The summed E-state index contributed by atoms with van der Waals surface area (Å²) in [5, 5.41) is 12.6. The van der Waals surface area contributed by atoms with Crippen molar-refractivity contribution < 1.29 is 19.4 Å². The number of carbonyl (C=O) groups excluding carboxylic acids is 1. The Labute approximate surface area is 207 Å². The zero-order valence-corrected chi connectivity index (χ0v) is 21.0. The number of nitrogens with zero attached hydrogens (tertiary/aromatic N) is 4. The van der Waals surface area contributed by atoms with Crippen LogP contribution in [0.15, 0.2) is 41.5 Å². The number of aliphatic hydroxyl groups is 1. The summed E-state index contributed by atoms with van der Waals surface area (Å²) in [5.41, 5.74) is 3.16. The number of amidine groups is 1. The average Bonchev–Trinajstić information content (AvgIpc) is 2.88. The Morgan fingerprint density at radius 1 is 1.17 bits per heavy atom. The molecule has 0 atom stereocenters. The molecule has 0 amide bonds. The molecule has 0 aliphatic carbocycles. The Hall–Kier alpha value is -3.01. The van der Waals surface area contributed by atoms with Gasteiger partial charge >= 0.3 is 0 Å². The lowest BCUT2D eigenvalue weighted by Crippen LogP contribution is -2.50. The molecule has 1 fully saturated rings. The molecule has 0 bridgehead atoms. The fourth-order valence-electron chi connectivity index (χ4n) is 3.91. The predicted octanol–water partition coefficient (Wildman–Crippen LogP) is 2.82. The van der Waals surface area contributed by atoms with Crippen LogP contribution in [0.2, 0.25) is 0 Å². The van der Waals surface area contributed by atoms with Gasteiger partial charge in [-0.15, -0.1) is 0 Å². The molecule has 1 aromatic carbocycles. The van der Waals surface area contributed by atoms with E-state index in [-0.39, 0.29) is 12.4 Å². The molecule has 1 saturated heterocycles. The number of benzene rings is 1. The van der Waals surface area contributed by atoms with Gasteiger partial charge in [-0.3, -0.25) is 14.7 Å². The molecule has 3 rings (SSSR count). The molecule has 2 N–H and O–H groups in total. The number of nitrogens with one attached hydrogen (secondary N) is 1. The van der Waals surface area contributed by atoms with Gasteiger partial charge in [-0.05, 0) is 36.8 Å². The van der Waals surface area contributed by atoms with Gasteiger partial charge in [0.2, 0.25) is 0 Å². The highest BCUT2D eigenvalue weighted by Crippen LogP contribution is 2.30. The number of methoxy groups -OCH3 is 1. The fourth-order valence-corrected chi connectivity index (χ4v) is 3.91. The van der Waals surface area contributed by atoms with Crippen LogP contribution in [0.4, 0.5) is 11.4 Å². The largest absolute Gasteiger partial charge is 0.497 e. The molecular formula is C26H37N5O4. The van der Waals surface area contributed by atoms with Crippen LogP contribution in [0.3, 0.4) is 0 Å². The van der Waals surface area contributed by atoms with E-state index < -0.39 is 0 Å². The highest BCUT2D eigenvalue weighted by Gasteiger charge is 2.22. The molecule has 1 aliphatic heterocycles. The quantitative estimate of drug-likeness (QED) is 0.270. The van der Waals surface area contributed by atoms with Crippen LogP contribution in [-0.4, -0.2) is 97.7 Å². The van der Waals surface area contributed by atoms with Crippen LogP contribution in [-0.2, 0) is 9.53 Å². The third kappa shape index (κ3) is 7.74. The van der Waals surface area contributed by atoms with Crippen molar-refractivity contribution in [3.05, 3.63) is 36.5 Å². The Bertz CT molecular complexity index is 972. The van der Waals surface area contributed by atoms with Crippen LogP contribution in [0.1, 0.15) is 20.3 Å². The van der Waals surface area contributed by atoms with Gasteiger partial charge in [0.15, 0.2) is 11.6 Å². The molecule has 9 heteroatoms. The Morgan fingerprint density at radius 3 is 2.54 bits per heavy atom. The summed E-state index contributed by atoms with van der Waals surface area (Å²) in [6.45, 7) is 9.24. The lowest BCUT2D eigenvalue weighted by atomic mass is 10.1. The molecule has 0 radical (unpaired) electrons. The van der Waals surface area contributed by atoms with E-state index in [1.165, 1.54) is 0 Å². The predicted molar refractivity (Wildman–Crippen MR) is 139 cm³/mol. The summed E-state index contributed by atoms with van der Waals surface area (Å²) in [4.78, 5) is 26.1. The number of ether oxygens (including phenoxy) is 2. The van der Waals surface area contributed by atoms with Crippen molar-refractivity contribution in [2.24, 2.45) is 4.99 Å². The van der Waals surface area contributed by atoms with E-state index >= 15 is 0 Å². The number of β-amino-alcohol motifs (C(OH)–C–C–N with tert-alkyl or cyclic N) is 1. The molecule has 0 saturated carbocycles. The number of hydrogen-bond donors (Lipinski definition) is 2. The van der Waals surface area contributed by atoms with Gasteiger partial charge in [0.05, 0.1) is 37.9 Å². The number of aliphatic imine (C=N–C) groups is 1. The van der Waals surface area contributed by atoms with Gasteiger partial charge in [-0.2, -0.15) is 0 Å². The number of anilines is 1. The van der Waals surface area contributed by atoms with Gasteiger partial charge in [0.1, 0.15) is 11.4 Å². The summed E-state index contributed by atoms with van der Waals surface area (Å²) in [5.74, 6) is 1.13. The summed E-state index contributed by atoms with van der Waals surface area (Å²) in [7, 11) is 1.64. The van der Waals surface area contributed by atoms with E-state index in [1.54, 1.807) is 20.2 Å². The molecule has 1 aliphatic rings. The Balaban J connectivity index is 1.86. The number of ketones is 1. The highest BCUT2D eigenvalue weighted by molar-refractivity contribution is 6.38. The molecule has 190 valence electrons.